The van der Waals surface area contributed by atoms with Crippen LogP contribution >= 0.6 is 0 Å². The third-order valence-electron chi connectivity index (χ3n) is 3.54. The number of aliphatic hydroxyl groups excluding tert-OH is 1. The molecule has 0 spiro atoms. The van der Waals surface area contributed by atoms with Crippen molar-refractivity contribution in [3.63, 3.8) is 0 Å². The van der Waals surface area contributed by atoms with Crippen molar-refractivity contribution in [2.75, 3.05) is 20.3 Å². The maximum Gasteiger partial charge on any atom is 0.255 e. The molecule has 0 aliphatic carbocycles. The molecule has 1 aromatic rings. The third kappa shape index (κ3) is 3.23. The highest BCUT2D eigenvalue weighted by Gasteiger charge is 2.27. The molecule has 1 aliphatic heterocycles. The zero-order valence-electron chi connectivity index (χ0n) is 11.2. The molecule has 1 saturated heterocycles. The van der Waals surface area contributed by atoms with Crippen LogP contribution in [-0.2, 0) is 0 Å². The maximum atomic E-state index is 12.4. The first kappa shape index (κ1) is 13.8. The minimum atomic E-state index is -0.00620. The molecule has 0 bridgehead atoms. The summed E-state index contributed by atoms with van der Waals surface area (Å²) in [5.41, 5.74) is 0.575. The molecule has 1 aromatic heterocycles. The lowest BCUT2D eigenvalue weighted by atomic mass is 9.98. The number of aromatic nitrogens is 1. The van der Waals surface area contributed by atoms with Crippen molar-refractivity contribution >= 4 is 5.91 Å². The summed E-state index contributed by atoms with van der Waals surface area (Å²) < 4.78 is 4.99. The van der Waals surface area contributed by atoms with E-state index in [1.807, 2.05) is 4.90 Å². The summed E-state index contributed by atoms with van der Waals surface area (Å²) in [5, 5.41) is 9.09. The van der Waals surface area contributed by atoms with Gasteiger partial charge in [-0.3, -0.25) is 4.79 Å². The lowest BCUT2D eigenvalue weighted by molar-refractivity contribution is 0.0574. The first-order chi connectivity index (χ1) is 9.26. The summed E-state index contributed by atoms with van der Waals surface area (Å²) >= 11 is 0. The average molecular weight is 264 g/mol. The Balaban J connectivity index is 2.11. The Morgan fingerprint density at radius 1 is 1.53 bits per heavy atom. The standard InChI is InChI=1S/C14H20N2O3/c1-19-13-6-5-11(10-15-13)14(18)16-8-3-2-4-12(16)7-9-17/h5-6,10,12,17H,2-4,7-9H2,1H3. The number of carbonyl (C=O) groups excluding carboxylic acids is 1. The van der Waals surface area contributed by atoms with E-state index in [2.05, 4.69) is 4.98 Å². The first-order valence-electron chi connectivity index (χ1n) is 6.68. The second-order valence-corrected chi connectivity index (χ2v) is 4.75. The van der Waals surface area contributed by atoms with Gasteiger partial charge in [0.2, 0.25) is 5.88 Å². The Bertz CT molecular complexity index is 417. The van der Waals surface area contributed by atoms with Gasteiger partial charge in [-0.15, -0.1) is 0 Å². The van der Waals surface area contributed by atoms with Crippen LogP contribution in [0.5, 0.6) is 5.88 Å². The van der Waals surface area contributed by atoms with Crippen LogP contribution in [-0.4, -0.2) is 47.2 Å². The van der Waals surface area contributed by atoms with Crippen molar-refractivity contribution in [2.24, 2.45) is 0 Å². The molecule has 0 radical (unpaired) electrons. The van der Waals surface area contributed by atoms with Crippen LogP contribution in [0.1, 0.15) is 36.0 Å². The summed E-state index contributed by atoms with van der Waals surface area (Å²) in [5.74, 6) is 0.496. The van der Waals surface area contributed by atoms with E-state index >= 15 is 0 Å². The van der Waals surface area contributed by atoms with E-state index in [0.717, 1.165) is 25.8 Å². The zero-order valence-corrected chi connectivity index (χ0v) is 11.2. The van der Waals surface area contributed by atoms with Gasteiger partial charge in [0.1, 0.15) is 0 Å². The monoisotopic (exact) mass is 264 g/mol. The van der Waals surface area contributed by atoms with E-state index in [0.29, 0.717) is 17.9 Å². The number of piperidine rings is 1. The van der Waals surface area contributed by atoms with Gasteiger partial charge in [0.25, 0.3) is 5.91 Å². The molecule has 2 heterocycles. The molecule has 2 rings (SSSR count). The van der Waals surface area contributed by atoms with Crippen LogP contribution in [0.3, 0.4) is 0 Å². The van der Waals surface area contributed by atoms with Gasteiger partial charge in [-0.25, -0.2) is 4.98 Å². The predicted molar refractivity (Wildman–Crippen MR) is 71.2 cm³/mol. The third-order valence-corrected chi connectivity index (χ3v) is 3.54. The van der Waals surface area contributed by atoms with E-state index in [-0.39, 0.29) is 18.6 Å². The van der Waals surface area contributed by atoms with E-state index in [9.17, 15) is 4.79 Å². The topological polar surface area (TPSA) is 62.7 Å². The van der Waals surface area contributed by atoms with Gasteiger partial charge >= 0.3 is 0 Å². The molecule has 1 N–H and O–H groups in total. The van der Waals surface area contributed by atoms with Gasteiger partial charge in [0.15, 0.2) is 0 Å². The van der Waals surface area contributed by atoms with Gasteiger partial charge < -0.3 is 14.7 Å². The van der Waals surface area contributed by atoms with Gasteiger partial charge in [0, 0.05) is 31.5 Å². The highest BCUT2D eigenvalue weighted by molar-refractivity contribution is 5.94. The molecular formula is C14H20N2O3. The molecule has 5 nitrogen and oxygen atoms in total. The highest BCUT2D eigenvalue weighted by Crippen LogP contribution is 2.22. The minimum Gasteiger partial charge on any atom is -0.481 e. The molecule has 0 aromatic carbocycles. The minimum absolute atomic E-state index is 0.00620. The molecule has 104 valence electrons. The number of aliphatic hydroxyl groups is 1. The van der Waals surface area contributed by atoms with E-state index in [4.69, 9.17) is 9.84 Å². The lowest BCUT2D eigenvalue weighted by Crippen LogP contribution is -2.44. The number of methoxy groups -OCH3 is 1. The largest absolute Gasteiger partial charge is 0.481 e. The van der Waals surface area contributed by atoms with Crippen molar-refractivity contribution in [2.45, 2.75) is 31.7 Å². The summed E-state index contributed by atoms with van der Waals surface area (Å²) in [6.45, 7) is 0.880. The number of hydrogen-bond donors (Lipinski definition) is 1. The second-order valence-electron chi connectivity index (χ2n) is 4.75. The predicted octanol–water partition coefficient (Wildman–Crippen LogP) is 1.47. The van der Waals surface area contributed by atoms with Gasteiger partial charge in [0.05, 0.1) is 12.7 Å². The number of nitrogens with zero attached hydrogens (tertiary/aromatic N) is 2. The summed E-state index contributed by atoms with van der Waals surface area (Å²) in [7, 11) is 1.55. The Morgan fingerprint density at radius 2 is 2.37 bits per heavy atom. The van der Waals surface area contributed by atoms with Crippen LogP contribution in [0.25, 0.3) is 0 Å². The quantitative estimate of drug-likeness (QED) is 0.894. The number of rotatable bonds is 4. The van der Waals surface area contributed by atoms with Crippen molar-refractivity contribution in [3.8, 4) is 5.88 Å². The molecule has 1 atom stereocenters. The zero-order chi connectivity index (χ0) is 13.7. The summed E-state index contributed by atoms with van der Waals surface area (Å²) in [4.78, 5) is 18.4. The van der Waals surface area contributed by atoms with Crippen LogP contribution in [0.15, 0.2) is 18.3 Å². The number of amides is 1. The molecule has 1 amide bonds. The highest BCUT2D eigenvalue weighted by atomic mass is 16.5. The van der Waals surface area contributed by atoms with E-state index < -0.39 is 0 Å². The molecule has 5 heteroatoms. The Kier molecular flexibility index (Phi) is 4.74. The molecule has 0 saturated carbocycles. The first-order valence-corrected chi connectivity index (χ1v) is 6.68. The molecule has 1 fully saturated rings. The van der Waals surface area contributed by atoms with Crippen LogP contribution in [0, 0.1) is 0 Å². The smallest absolute Gasteiger partial charge is 0.255 e. The normalized spacial score (nSPS) is 19.3. The Labute approximate surface area is 113 Å². The summed E-state index contributed by atoms with van der Waals surface area (Å²) in [6, 6.07) is 3.57. The fourth-order valence-corrected chi connectivity index (χ4v) is 2.51. The fourth-order valence-electron chi connectivity index (χ4n) is 2.51. The number of ether oxygens (including phenoxy) is 1. The average Bonchev–Trinajstić information content (AvgIpc) is 2.47. The number of likely N-dealkylation sites (tertiary alicyclic amines) is 1. The van der Waals surface area contributed by atoms with Crippen molar-refractivity contribution in [1.29, 1.82) is 0 Å². The number of hydrogen-bond acceptors (Lipinski definition) is 4. The lowest BCUT2D eigenvalue weighted by Gasteiger charge is -2.35. The SMILES string of the molecule is COc1ccc(C(=O)N2CCCCC2CCO)cn1. The van der Waals surface area contributed by atoms with Crippen LogP contribution in [0.2, 0.25) is 0 Å². The van der Waals surface area contributed by atoms with Crippen molar-refractivity contribution in [1.82, 2.24) is 9.88 Å². The number of carbonyl (C=O) groups is 1. The van der Waals surface area contributed by atoms with Crippen LogP contribution < -0.4 is 4.74 Å². The molecule has 1 unspecified atom stereocenters. The maximum absolute atomic E-state index is 12.4. The van der Waals surface area contributed by atoms with E-state index in [1.165, 1.54) is 0 Å². The molecule has 1 aliphatic rings. The van der Waals surface area contributed by atoms with Crippen LogP contribution in [0.4, 0.5) is 0 Å². The Hall–Kier alpha value is -1.62. The Morgan fingerprint density at radius 3 is 3.00 bits per heavy atom. The second kappa shape index (κ2) is 6.52. The molecular weight excluding hydrogens is 244 g/mol. The van der Waals surface area contributed by atoms with Gasteiger partial charge in [-0.05, 0) is 31.7 Å². The van der Waals surface area contributed by atoms with Crippen molar-refractivity contribution < 1.29 is 14.6 Å². The fraction of sp³-hybridized carbons (Fsp3) is 0.571. The summed E-state index contributed by atoms with van der Waals surface area (Å²) in [6.07, 6.45) is 5.31. The number of pyridine rings is 1. The van der Waals surface area contributed by atoms with E-state index in [1.54, 1.807) is 25.4 Å². The van der Waals surface area contributed by atoms with Gasteiger partial charge in [-0.2, -0.15) is 0 Å². The molecule has 19 heavy (non-hydrogen) atoms. The van der Waals surface area contributed by atoms with Gasteiger partial charge in [-0.1, -0.05) is 0 Å². The van der Waals surface area contributed by atoms with Crippen molar-refractivity contribution in [3.05, 3.63) is 23.9 Å².